The van der Waals surface area contributed by atoms with Gasteiger partial charge in [0.1, 0.15) is 6.10 Å². The second-order valence-electron chi connectivity index (χ2n) is 7.22. The summed E-state index contributed by atoms with van der Waals surface area (Å²) in [5, 5.41) is 16.6. The van der Waals surface area contributed by atoms with Gasteiger partial charge in [0.15, 0.2) is 17.3 Å². The molecule has 34 heavy (non-hydrogen) atoms. The van der Waals surface area contributed by atoms with Crippen LogP contribution in [0.5, 0.6) is 17.4 Å². The van der Waals surface area contributed by atoms with Crippen LogP contribution in [0.4, 0.5) is 0 Å². The number of aliphatic hydroxyl groups excluding tert-OH is 1. The number of hydrogen-bond donors (Lipinski definition) is 2. The molecule has 2 aromatic carbocycles. The fourth-order valence-electron chi connectivity index (χ4n) is 3.41. The molecule has 4 aromatic rings. The van der Waals surface area contributed by atoms with Crippen LogP contribution in [-0.2, 0) is 0 Å². The third kappa shape index (κ3) is 4.93. The van der Waals surface area contributed by atoms with Gasteiger partial charge in [0.25, 0.3) is 5.91 Å². The van der Waals surface area contributed by atoms with Gasteiger partial charge >= 0.3 is 0 Å². The van der Waals surface area contributed by atoms with Gasteiger partial charge in [0, 0.05) is 42.8 Å². The van der Waals surface area contributed by atoms with Gasteiger partial charge in [-0.25, -0.2) is 4.98 Å². The second kappa shape index (κ2) is 10.5. The fourth-order valence-corrected chi connectivity index (χ4v) is 5.24. The molecular formula is C24H22IN3O5S. The Morgan fingerprint density at radius 2 is 1.88 bits per heavy atom. The highest BCUT2D eigenvalue weighted by Gasteiger charge is 2.19. The minimum Gasteiger partial charge on any atom is -0.493 e. The number of aliphatic hydroxyl groups is 1. The summed E-state index contributed by atoms with van der Waals surface area (Å²) in [5.41, 5.74) is 1.59. The molecule has 1 atom stereocenters. The summed E-state index contributed by atoms with van der Waals surface area (Å²) in [6.07, 6.45) is -1.07. The van der Waals surface area contributed by atoms with E-state index >= 15 is 0 Å². The quantitative estimate of drug-likeness (QED) is 0.292. The molecular weight excluding hydrogens is 569 g/mol. The number of benzene rings is 2. The van der Waals surface area contributed by atoms with Crippen molar-refractivity contribution >= 4 is 49.9 Å². The summed E-state index contributed by atoms with van der Waals surface area (Å²) in [7, 11) is 4.54. The molecule has 4 rings (SSSR count). The first-order valence-corrected chi connectivity index (χ1v) is 12.2. The highest BCUT2D eigenvalue weighted by atomic mass is 127. The molecule has 0 saturated carbocycles. The number of carbonyl (C=O) groups excluding carboxylic acids is 1. The van der Waals surface area contributed by atoms with Gasteiger partial charge < -0.3 is 24.6 Å². The average molecular weight is 591 g/mol. The summed E-state index contributed by atoms with van der Waals surface area (Å²) in [4.78, 5) is 21.7. The second-order valence-corrected chi connectivity index (χ2v) is 9.26. The standard InChI is InChI=1S/C24H22IN3O5S/c1-31-19-8-7-13(9-20(19)32-2)24(30)26-11-18(29)17-10-21(33-3)28-23(27-17)15-12-34-22-14(15)5-4-6-16(22)25/h4-10,12,18,29H,11H2,1-3H3,(H,26,30). The van der Waals surface area contributed by atoms with Crippen LogP contribution < -0.4 is 19.5 Å². The van der Waals surface area contributed by atoms with Gasteiger partial charge in [-0.05, 0) is 46.9 Å². The number of carbonyl (C=O) groups is 1. The summed E-state index contributed by atoms with van der Waals surface area (Å²) in [6, 6.07) is 12.5. The van der Waals surface area contributed by atoms with Crippen LogP contribution in [0.1, 0.15) is 22.2 Å². The maximum atomic E-state index is 12.6. The molecule has 8 nitrogen and oxygen atoms in total. The number of rotatable bonds is 8. The molecule has 0 spiro atoms. The number of methoxy groups -OCH3 is 3. The van der Waals surface area contributed by atoms with Crippen LogP contribution in [-0.4, -0.2) is 48.9 Å². The lowest BCUT2D eigenvalue weighted by Gasteiger charge is -2.14. The number of ether oxygens (including phenoxy) is 3. The lowest BCUT2D eigenvalue weighted by atomic mass is 10.1. The monoisotopic (exact) mass is 591 g/mol. The Kier molecular flexibility index (Phi) is 7.49. The van der Waals surface area contributed by atoms with Crippen LogP contribution in [0.25, 0.3) is 21.5 Å². The van der Waals surface area contributed by atoms with Crippen molar-refractivity contribution in [3.05, 3.63) is 62.7 Å². The summed E-state index contributed by atoms with van der Waals surface area (Å²) >= 11 is 3.92. The molecule has 2 N–H and O–H groups in total. The highest BCUT2D eigenvalue weighted by molar-refractivity contribution is 14.1. The molecule has 0 radical (unpaired) electrons. The topological polar surface area (TPSA) is 103 Å². The number of thiophene rings is 1. The third-order valence-corrected chi connectivity index (χ3v) is 7.46. The van der Waals surface area contributed by atoms with Crippen molar-refractivity contribution in [2.45, 2.75) is 6.10 Å². The summed E-state index contributed by atoms with van der Waals surface area (Å²) in [5.74, 6) is 1.39. The van der Waals surface area contributed by atoms with E-state index in [4.69, 9.17) is 14.2 Å². The Morgan fingerprint density at radius 3 is 2.62 bits per heavy atom. The van der Waals surface area contributed by atoms with E-state index < -0.39 is 6.10 Å². The molecule has 0 saturated heterocycles. The fraction of sp³-hybridized carbons (Fsp3) is 0.208. The molecule has 1 amide bonds. The van der Waals surface area contributed by atoms with Gasteiger partial charge in [0.05, 0.1) is 27.0 Å². The molecule has 1 unspecified atom stereocenters. The van der Waals surface area contributed by atoms with E-state index in [0.29, 0.717) is 34.5 Å². The van der Waals surface area contributed by atoms with E-state index in [1.54, 1.807) is 35.6 Å². The molecule has 0 aliphatic heterocycles. The van der Waals surface area contributed by atoms with Gasteiger partial charge in [0.2, 0.25) is 5.88 Å². The normalized spacial score (nSPS) is 11.8. The number of nitrogens with one attached hydrogen (secondary N) is 1. The number of halogens is 1. The highest BCUT2D eigenvalue weighted by Crippen LogP contribution is 2.36. The largest absolute Gasteiger partial charge is 0.493 e. The molecule has 0 fully saturated rings. The lowest BCUT2D eigenvalue weighted by molar-refractivity contribution is 0.0913. The first kappa shape index (κ1) is 24.2. The van der Waals surface area contributed by atoms with E-state index in [2.05, 4.69) is 37.9 Å². The number of aromatic nitrogens is 2. The molecule has 10 heteroatoms. The van der Waals surface area contributed by atoms with Crippen molar-refractivity contribution in [3.8, 4) is 28.8 Å². The maximum Gasteiger partial charge on any atom is 0.251 e. The maximum absolute atomic E-state index is 12.6. The average Bonchev–Trinajstić information content (AvgIpc) is 3.31. The molecule has 0 aliphatic carbocycles. The minimum absolute atomic E-state index is 0.0466. The van der Waals surface area contributed by atoms with E-state index in [0.717, 1.165) is 19.2 Å². The SMILES string of the molecule is COc1cc(C(O)CNC(=O)c2ccc(OC)c(OC)c2)nc(-c2csc3c(I)cccc23)n1. The zero-order valence-electron chi connectivity index (χ0n) is 18.7. The van der Waals surface area contributed by atoms with Crippen LogP contribution in [0, 0.1) is 3.57 Å². The smallest absolute Gasteiger partial charge is 0.251 e. The van der Waals surface area contributed by atoms with Crippen LogP contribution in [0.2, 0.25) is 0 Å². The lowest BCUT2D eigenvalue weighted by Crippen LogP contribution is -2.28. The summed E-state index contributed by atoms with van der Waals surface area (Å²) in [6.45, 7) is -0.0466. The molecule has 2 heterocycles. The van der Waals surface area contributed by atoms with Crippen LogP contribution in [0.3, 0.4) is 0 Å². The summed E-state index contributed by atoms with van der Waals surface area (Å²) < 4.78 is 18.1. The molecule has 0 bridgehead atoms. The van der Waals surface area contributed by atoms with Gasteiger partial charge in [-0.3, -0.25) is 4.79 Å². The molecule has 2 aromatic heterocycles. The van der Waals surface area contributed by atoms with Crippen molar-refractivity contribution in [3.63, 3.8) is 0 Å². The number of fused-ring (bicyclic) bond motifs is 1. The Hall–Kier alpha value is -2.96. The van der Waals surface area contributed by atoms with E-state index in [-0.39, 0.29) is 12.5 Å². The predicted molar refractivity (Wildman–Crippen MR) is 139 cm³/mol. The van der Waals surface area contributed by atoms with Gasteiger partial charge in [-0.2, -0.15) is 4.98 Å². The Morgan fingerprint density at radius 1 is 1.09 bits per heavy atom. The first-order chi connectivity index (χ1) is 16.4. The van der Waals surface area contributed by atoms with E-state index in [1.165, 1.54) is 21.3 Å². The predicted octanol–water partition coefficient (Wildman–Crippen LogP) is 4.45. The first-order valence-electron chi connectivity index (χ1n) is 10.2. The number of nitrogens with zero attached hydrogens (tertiary/aromatic N) is 2. The van der Waals surface area contributed by atoms with Crippen LogP contribution in [0.15, 0.2) is 47.8 Å². The van der Waals surface area contributed by atoms with Crippen molar-refractivity contribution in [2.24, 2.45) is 0 Å². The zero-order chi connectivity index (χ0) is 24.2. The van der Waals surface area contributed by atoms with Crippen LogP contribution >= 0.6 is 33.9 Å². The van der Waals surface area contributed by atoms with Crippen molar-refractivity contribution in [1.82, 2.24) is 15.3 Å². The zero-order valence-corrected chi connectivity index (χ0v) is 21.6. The van der Waals surface area contributed by atoms with Gasteiger partial charge in [-0.1, -0.05) is 12.1 Å². The Labute approximate surface area is 214 Å². The van der Waals surface area contributed by atoms with Crippen molar-refractivity contribution < 1.29 is 24.1 Å². The Balaban J connectivity index is 1.56. The van der Waals surface area contributed by atoms with Gasteiger partial charge in [-0.15, -0.1) is 11.3 Å². The molecule has 176 valence electrons. The minimum atomic E-state index is -1.07. The number of hydrogen-bond acceptors (Lipinski definition) is 8. The van der Waals surface area contributed by atoms with Crippen molar-refractivity contribution in [1.29, 1.82) is 0 Å². The van der Waals surface area contributed by atoms with E-state index in [1.807, 2.05) is 23.6 Å². The van der Waals surface area contributed by atoms with E-state index in [9.17, 15) is 9.90 Å². The number of amides is 1. The third-order valence-electron chi connectivity index (χ3n) is 5.17. The van der Waals surface area contributed by atoms with Crippen molar-refractivity contribution in [2.75, 3.05) is 27.9 Å². The Bertz CT molecular complexity index is 1340. The molecule has 0 aliphatic rings.